The highest BCUT2D eigenvalue weighted by atomic mass is 28.4. The van der Waals surface area contributed by atoms with Crippen LogP contribution in [-0.4, -0.2) is 44.5 Å². The SMILES string of the molecule is CC(C)[C@@H]1N(C(=O)[C@H]2CC(c3ccccc3)=C3O[Si](C(C)(C)C)(C(C)(C)C)[C@H](C)[C@H]3[C@@H]2C)C(=O)OC1(c1ccccc1)c1ccccc1.CCOCC. The Balaban J connectivity index is 0.00000101. The summed E-state index contributed by atoms with van der Waals surface area (Å²) in [5.41, 5.74) is 3.07. The minimum atomic E-state index is -2.51. The van der Waals surface area contributed by atoms with Crippen LogP contribution in [0.3, 0.4) is 0 Å². The summed E-state index contributed by atoms with van der Waals surface area (Å²) in [6.45, 7) is 28.5. The number of rotatable bonds is 7. The molecular weight excluding hydrogens is 675 g/mol. The van der Waals surface area contributed by atoms with Gasteiger partial charge in [-0.15, -0.1) is 0 Å². The van der Waals surface area contributed by atoms with E-state index in [4.69, 9.17) is 13.9 Å². The first-order valence-corrected chi connectivity index (χ1v) is 21.7. The second kappa shape index (κ2) is 15.6. The van der Waals surface area contributed by atoms with Gasteiger partial charge in [0.1, 0.15) is 0 Å². The number of carbonyl (C=O) groups excluding carboxylic acids is 2. The monoisotopic (exact) mass is 737 g/mol. The van der Waals surface area contributed by atoms with Gasteiger partial charge in [-0.05, 0) is 58.9 Å². The summed E-state index contributed by atoms with van der Waals surface area (Å²) in [4.78, 5) is 31.1. The molecule has 1 aliphatic carbocycles. The number of amides is 2. The Labute approximate surface area is 320 Å². The molecule has 2 fully saturated rings. The minimum absolute atomic E-state index is 0.0295. The van der Waals surface area contributed by atoms with E-state index >= 15 is 4.79 Å². The van der Waals surface area contributed by atoms with Crippen LogP contribution < -0.4 is 0 Å². The number of nitrogens with zero attached hydrogens (tertiary/aromatic N) is 1. The van der Waals surface area contributed by atoms with Crippen molar-refractivity contribution in [2.45, 2.75) is 117 Å². The van der Waals surface area contributed by atoms with E-state index in [1.54, 1.807) is 0 Å². The summed E-state index contributed by atoms with van der Waals surface area (Å²) in [6.07, 6.45) is -0.0574. The van der Waals surface area contributed by atoms with E-state index in [1.165, 1.54) is 4.90 Å². The van der Waals surface area contributed by atoms with Crippen LogP contribution in [0.15, 0.2) is 96.8 Å². The van der Waals surface area contributed by atoms with Crippen molar-refractivity contribution >= 4 is 25.9 Å². The Morgan fingerprint density at radius 2 is 1.30 bits per heavy atom. The molecule has 6 rings (SSSR count). The van der Waals surface area contributed by atoms with E-state index in [0.717, 1.165) is 41.2 Å². The summed E-state index contributed by atoms with van der Waals surface area (Å²) in [7, 11) is -2.51. The highest BCUT2D eigenvalue weighted by Gasteiger charge is 2.69. The fraction of sp³-hybridized carbons (Fsp3) is 0.522. The highest BCUT2D eigenvalue weighted by molar-refractivity contribution is 6.81. The molecule has 0 saturated carbocycles. The summed E-state index contributed by atoms with van der Waals surface area (Å²) < 4.78 is 18.9. The first-order valence-electron chi connectivity index (χ1n) is 19.7. The molecule has 2 heterocycles. The molecule has 5 atom stereocenters. The topological polar surface area (TPSA) is 65.1 Å². The standard InChI is InChI=1S/C42H53NO4Si.C4H10O/c1-27(2)37-42(31-22-16-12-17-23-31,32-24-18-13-19-25-32)46-39(45)43(37)38(44)33-26-34(30-20-14-11-15-21-30)36-35(28(33)3)29(4)48(47-36,40(5,6)7)41(8,9)10;1-3-5-4-2/h11-25,27-29,33,35,37H,26H2,1-10H3;3-4H2,1-2H3/t28-,29-,33+,35-,37+;/m1./s1. The maximum atomic E-state index is 15.3. The average Bonchev–Trinajstić information content (AvgIpc) is 3.63. The summed E-state index contributed by atoms with van der Waals surface area (Å²) >= 11 is 0. The van der Waals surface area contributed by atoms with E-state index in [0.29, 0.717) is 6.42 Å². The number of hydrogen-bond donors (Lipinski definition) is 0. The third kappa shape index (κ3) is 6.93. The predicted octanol–water partition coefficient (Wildman–Crippen LogP) is 11.6. The molecule has 286 valence electrons. The third-order valence-corrected chi connectivity index (χ3v) is 18.8. The number of imide groups is 1. The lowest BCUT2D eigenvalue weighted by Crippen LogP contribution is -2.55. The first-order chi connectivity index (χ1) is 25.0. The van der Waals surface area contributed by atoms with Crippen molar-refractivity contribution < 1.29 is 23.5 Å². The van der Waals surface area contributed by atoms with E-state index < -0.39 is 32.0 Å². The smallest absolute Gasteiger partial charge is 0.418 e. The molecule has 0 radical (unpaired) electrons. The van der Waals surface area contributed by atoms with Crippen molar-refractivity contribution in [1.82, 2.24) is 4.90 Å². The van der Waals surface area contributed by atoms with E-state index in [-0.39, 0.29) is 39.3 Å². The normalized spacial score (nSPS) is 25.0. The molecular formula is C46H63NO5Si. The van der Waals surface area contributed by atoms with Gasteiger partial charge >= 0.3 is 6.09 Å². The van der Waals surface area contributed by atoms with E-state index in [9.17, 15) is 4.79 Å². The fourth-order valence-corrected chi connectivity index (χ4v) is 17.8. The van der Waals surface area contributed by atoms with Gasteiger partial charge in [-0.2, -0.15) is 0 Å². The number of fused-ring (bicyclic) bond motifs is 1. The summed E-state index contributed by atoms with van der Waals surface area (Å²) in [5.74, 6) is 0.477. The van der Waals surface area contributed by atoms with Crippen molar-refractivity contribution in [3.63, 3.8) is 0 Å². The van der Waals surface area contributed by atoms with Crippen LogP contribution in [0, 0.1) is 23.7 Å². The van der Waals surface area contributed by atoms with Gasteiger partial charge in [-0.3, -0.25) is 4.79 Å². The number of allylic oxidation sites excluding steroid dienone is 2. The van der Waals surface area contributed by atoms with Crippen molar-refractivity contribution in [2.24, 2.45) is 23.7 Å². The Hall–Kier alpha value is -3.68. The number of cyclic esters (lactones) is 1. The van der Waals surface area contributed by atoms with Gasteiger partial charge < -0.3 is 13.9 Å². The Bertz CT molecular complexity index is 1690. The molecule has 3 aromatic rings. The second-order valence-electron chi connectivity index (χ2n) is 17.5. The molecule has 2 amide bonds. The van der Waals surface area contributed by atoms with E-state index in [1.807, 2.05) is 80.6 Å². The molecule has 7 heteroatoms. The maximum Gasteiger partial charge on any atom is 0.418 e. The van der Waals surface area contributed by atoms with Gasteiger partial charge in [-0.25, -0.2) is 9.69 Å². The summed E-state index contributed by atoms with van der Waals surface area (Å²) in [6, 6.07) is 29.7. The Morgan fingerprint density at radius 3 is 1.72 bits per heavy atom. The zero-order valence-corrected chi connectivity index (χ0v) is 35.2. The molecule has 3 aliphatic rings. The van der Waals surface area contributed by atoms with E-state index in [2.05, 4.69) is 93.5 Å². The molecule has 0 spiro atoms. The fourth-order valence-electron chi connectivity index (χ4n) is 10.5. The lowest BCUT2D eigenvalue weighted by molar-refractivity contribution is -0.137. The second-order valence-corrected chi connectivity index (χ2v) is 23.1. The quantitative estimate of drug-likeness (QED) is 0.226. The number of hydrogen-bond acceptors (Lipinski definition) is 5. The van der Waals surface area contributed by atoms with Gasteiger partial charge in [-0.1, -0.05) is 160 Å². The highest BCUT2D eigenvalue weighted by Crippen LogP contribution is 2.68. The van der Waals surface area contributed by atoms with Crippen LogP contribution in [0.4, 0.5) is 4.79 Å². The zero-order valence-electron chi connectivity index (χ0n) is 34.2. The molecule has 0 bridgehead atoms. The molecule has 6 nitrogen and oxygen atoms in total. The van der Waals surface area contributed by atoms with Crippen LogP contribution in [0.5, 0.6) is 0 Å². The predicted molar refractivity (Wildman–Crippen MR) is 218 cm³/mol. The largest absolute Gasteiger partial charge is 0.545 e. The molecule has 0 N–H and O–H groups in total. The molecule has 2 saturated heterocycles. The average molecular weight is 738 g/mol. The van der Waals surface area contributed by atoms with Crippen molar-refractivity contribution in [1.29, 1.82) is 0 Å². The number of carbonyl (C=O) groups is 2. The number of benzene rings is 3. The zero-order chi connectivity index (χ0) is 38.9. The minimum Gasteiger partial charge on any atom is -0.545 e. The molecule has 53 heavy (non-hydrogen) atoms. The lowest BCUT2D eigenvalue weighted by atomic mass is 9.69. The maximum absolute atomic E-state index is 15.3. The Morgan fingerprint density at radius 1 is 0.830 bits per heavy atom. The van der Waals surface area contributed by atoms with Gasteiger partial charge in [0.25, 0.3) is 8.32 Å². The molecule has 2 aliphatic heterocycles. The van der Waals surface area contributed by atoms with Crippen LogP contribution in [0.25, 0.3) is 5.57 Å². The molecule has 3 aromatic carbocycles. The third-order valence-electron chi connectivity index (χ3n) is 12.2. The summed E-state index contributed by atoms with van der Waals surface area (Å²) in [5, 5.41) is -0.0784. The first kappa shape index (κ1) is 40.5. The lowest BCUT2D eigenvalue weighted by Gasteiger charge is -2.50. The van der Waals surface area contributed by atoms with Gasteiger partial charge in [0.05, 0.1) is 11.8 Å². The van der Waals surface area contributed by atoms with Crippen molar-refractivity contribution in [3.05, 3.63) is 113 Å². The van der Waals surface area contributed by atoms with Crippen LogP contribution in [-0.2, 0) is 24.3 Å². The molecule has 0 aromatic heterocycles. The molecule has 0 unspecified atom stereocenters. The van der Waals surface area contributed by atoms with Gasteiger partial charge in [0.15, 0.2) is 5.60 Å². The van der Waals surface area contributed by atoms with Crippen molar-refractivity contribution in [2.75, 3.05) is 13.2 Å². The van der Waals surface area contributed by atoms with Crippen LogP contribution >= 0.6 is 0 Å². The number of ether oxygens (including phenoxy) is 2. The van der Waals surface area contributed by atoms with Gasteiger partial charge in [0, 0.05) is 36.2 Å². The van der Waals surface area contributed by atoms with Crippen molar-refractivity contribution in [3.8, 4) is 0 Å². The van der Waals surface area contributed by atoms with Crippen LogP contribution in [0.1, 0.15) is 106 Å². The van der Waals surface area contributed by atoms with Crippen LogP contribution in [0.2, 0.25) is 15.6 Å². The van der Waals surface area contributed by atoms with Gasteiger partial charge in [0.2, 0.25) is 5.91 Å². The Kier molecular flexibility index (Phi) is 11.9.